The summed E-state index contributed by atoms with van der Waals surface area (Å²) in [6.45, 7) is 4.01. The zero-order valence-corrected chi connectivity index (χ0v) is 15.6. The monoisotopic (exact) mass is 354 g/mol. The summed E-state index contributed by atoms with van der Waals surface area (Å²) in [4.78, 5) is 12.0. The molecule has 0 spiro atoms. The van der Waals surface area contributed by atoms with Gasteiger partial charge in [0, 0.05) is 17.5 Å². The van der Waals surface area contributed by atoms with E-state index in [1.165, 1.54) is 5.56 Å². The van der Waals surface area contributed by atoms with E-state index in [4.69, 9.17) is 0 Å². The Kier molecular flexibility index (Phi) is 5.74. The van der Waals surface area contributed by atoms with Gasteiger partial charge in [-0.15, -0.1) is 0 Å². The van der Waals surface area contributed by atoms with Crippen LogP contribution < -0.4 is 0 Å². The van der Waals surface area contributed by atoms with Crippen LogP contribution in [0.2, 0.25) is 0 Å². The lowest BCUT2D eigenvalue weighted by molar-refractivity contribution is 0.0979. The molecule has 0 saturated heterocycles. The maximum atomic E-state index is 12.0. The van der Waals surface area contributed by atoms with Crippen LogP contribution in [-0.2, 0) is 0 Å². The molecule has 0 atom stereocenters. The van der Waals surface area contributed by atoms with Gasteiger partial charge in [0.05, 0.1) is 5.56 Å². The first-order valence-corrected chi connectivity index (χ1v) is 9.12. The van der Waals surface area contributed by atoms with Crippen molar-refractivity contribution in [2.75, 3.05) is 0 Å². The molecule has 0 heterocycles. The number of phenolic OH excluding ortho intramolecular Hbond substituents is 1. The largest absolute Gasteiger partial charge is 0.507 e. The van der Waals surface area contributed by atoms with Gasteiger partial charge in [0.15, 0.2) is 5.78 Å². The number of aryl methyl sites for hydroxylation is 1. The molecule has 2 nitrogen and oxygen atoms in total. The summed E-state index contributed by atoms with van der Waals surface area (Å²) in [5.41, 5.74) is 5.37. The summed E-state index contributed by atoms with van der Waals surface area (Å²) in [5, 5.41) is 10.2. The summed E-state index contributed by atoms with van der Waals surface area (Å²) < 4.78 is 0. The second kappa shape index (κ2) is 8.38. The van der Waals surface area contributed by atoms with Crippen LogP contribution in [0.15, 0.2) is 66.7 Å². The third-order valence-corrected chi connectivity index (χ3v) is 4.40. The van der Waals surface area contributed by atoms with E-state index in [9.17, 15) is 9.90 Å². The summed E-state index contributed by atoms with van der Waals surface area (Å²) in [5.74, 6) is 6.34. The van der Waals surface area contributed by atoms with E-state index in [1.54, 1.807) is 12.1 Å². The van der Waals surface area contributed by atoms with E-state index in [-0.39, 0.29) is 11.5 Å². The van der Waals surface area contributed by atoms with Gasteiger partial charge >= 0.3 is 0 Å². The molecule has 0 unspecified atom stereocenters. The summed E-state index contributed by atoms with van der Waals surface area (Å²) in [6.07, 6.45) is 1.21. The normalized spacial score (nSPS) is 10.1. The van der Waals surface area contributed by atoms with Crippen molar-refractivity contribution in [3.63, 3.8) is 0 Å². The van der Waals surface area contributed by atoms with E-state index < -0.39 is 0 Å². The average molecular weight is 354 g/mol. The highest BCUT2D eigenvalue weighted by molar-refractivity contribution is 5.99. The molecule has 134 valence electrons. The number of rotatable bonds is 4. The van der Waals surface area contributed by atoms with Crippen LogP contribution in [-0.4, -0.2) is 10.9 Å². The highest BCUT2D eigenvalue weighted by Gasteiger charge is 2.11. The van der Waals surface area contributed by atoms with E-state index in [1.807, 2.05) is 49.4 Å². The lowest BCUT2D eigenvalue weighted by atomic mass is 9.99. The van der Waals surface area contributed by atoms with Crippen molar-refractivity contribution < 1.29 is 9.90 Å². The van der Waals surface area contributed by atoms with Crippen molar-refractivity contribution in [2.24, 2.45) is 0 Å². The number of carbonyl (C=O) groups is 1. The fraction of sp³-hybridized carbons (Fsp3) is 0.160. The van der Waals surface area contributed by atoms with E-state index >= 15 is 0 Å². The zero-order valence-electron chi connectivity index (χ0n) is 15.6. The van der Waals surface area contributed by atoms with Gasteiger partial charge in [-0.1, -0.05) is 54.7 Å². The molecule has 3 rings (SSSR count). The Balaban J connectivity index is 1.78. The predicted octanol–water partition coefficient (Wildman–Crippen LogP) is 5.75. The maximum Gasteiger partial charge on any atom is 0.166 e. The smallest absolute Gasteiger partial charge is 0.166 e. The van der Waals surface area contributed by atoms with Gasteiger partial charge in [0.25, 0.3) is 0 Å². The van der Waals surface area contributed by atoms with Crippen LogP contribution in [0.3, 0.4) is 0 Å². The number of ketones is 1. The van der Waals surface area contributed by atoms with Gasteiger partial charge in [-0.2, -0.15) is 0 Å². The molecule has 0 aromatic heterocycles. The molecular weight excluding hydrogens is 332 g/mol. The van der Waals surface area contributed by atoms with Crippen LogP contribution in [0, 0.1) is 18.8 Å². The minimum atomic E-state index is -0.0247. The van der Waals surface area contributed by atoms with Gasteiger partial charge in [-0.3, -0.25) is 4.79 Å². The molecule has 27 heavy (non-hydrogen) atoms. The quantitative estimate of drug-likeness (QED) is 0.478. The Morgan fingerprint density at radius 1 is 0.852 bits per heavy atom. The maximum absolute atomic E-state index is 12.0. The lowest BCUT2D eigenvalue weighted by Gasteiger charge is -2.07. The number of hydrogen-bond acceptors (Lipinski definition) is 2. The topological polar surface area (TPSA) is 37.3 Å². The van der Waals surface area contributed by atoms with Crippen molar-refractivity contribution in [1.29, 1.82) is 0 Å². The SMILES string of the molecule is CCCC(=O)c1ccc(-c2ccc(C#Cc3ccc(C)cc3)cc2)cc1O. The summed E-state index contributed by atoms with van der Waals surface area (Å²) in [6, 6.07) is 21.2. The van der Waals surface area contributed by atoms with Gasteiger partial charge in [-0.05, 0) is 60.9 Å². The number of carbonyl (C=O) groups excluding carboxylic acids is 1. The number of benzene rings is 3. The fourth-order valence-corrected chi connectivity index (χ4v) is 2.84. The van der Waals surface area contributed by atoms with Crippen molar-refractivity contribution in [3.05, 3.63) is 89.0 Å². The van der Waals surface area contributed by atoms with Crippen molar-refractivity contribution >= 4 is 5.78 Å². The first kappa shape index (κ1) is 18.5. The molecule has 0 radical (unpaired) electrons. The van der Waals surface area contributed by atoms with Crippen molar-refractivity contribution in [2.45, 2.75) is 26.7 Å². The Bertz CT molecular complexity index is 1000. The van der Waals surface area contributed by atoms with Crippen LogP contribution in [0.1, 0.15) is 46.8 Å². The number of phenols is 1. The Morgan fingerprint density at radius 3 is 1.96 bits per heavy atom. The van der Waals surface area contributed by atoms with Gasteiger partial charge < -0.3 is 5.11 Å². The molecule has 3 aromatic rings. The highest BCUT2D eigenvalue weighted by Crippen LogP contribution is 2.27. The minimum Gasteiger partial charge on any atom is -0.507 e. The number of Topliss-reactive ketones (excluding diaryl/α,β-unsaturated/α-hetero) is 1. The first-order chi connectivity index (χ1) is 13.1. The first-order valence-electron chi connectivity index (χ1n) is 9.12. The standard InChI is InChI=1S/C25H22O2/c1-3-4-24(26)23-16-15-22(17-25(23)27)21-13-11-20(12-14-21)10-9-19-7-5-18(2)6-8-19/h5-8,11-17,27H,3-4H2,1-2H3. The summed E-state index contributed by atoms with van der Waals surface area (Å²) in [7, 11) is 0. The van der Waals surface area contributed by atoms with Gasteiger partial charge in [0.2, 0.25) is 0 Å². The molecule has 0 aliphatic rings. The molecule has 0 bridgehead atoms. The van der Waals surface area contributed by atoms with Crippen LogP contribution in [0.5, 0.6) is 5.75 Å². The third-order valence-electron chi connectivity index (χ3n) is 4.40. The fourth-order valence-electron chi connectivity index (χ4n) is 2.84. The molecule has 2 heteroatoms. The molecule has 0 aliphatic carbocycles. The molecule has 0 amide bonds. The van der Waals surface area contributed by atoms with Crippen LogP contribution in [0.4, 0.5) is 0 Å². The Labute approximate surface area is 160 Å². The molecule has 1 N–H and O–H groups in total. The third kappa shape index (κ3) is 4.65. The number of aromatic hydroxyl groups is 1. The zero-order chi connectivity index (χ0) is 19.2. The van der Waals surface area contributed by atoms with Crippen LogP contribution in [0.25, 0.3) is 11.1 Å². The summed E-state index contributed by atoms with van der Waals surface area (Å²) >= 11 is 0. The van der Waals surface area contributed by atoms with Crippen molar-refractivity contribution in [3.8, 4) is 28.7 Å². The second-order valence-corrected chi connectivity index (χ2v) is 6.60. The Hall–Kier alpha value is -3.31. The average Bonchev–Trinajstić information content (AvgIpc) is 2.68. The molecule has 3 aromatic carbocycles. The second-order valence-electron chi connectivity index (χ2n) is 6.60. The highest BCUT2D eigenvalue weighted by atomic mass is 16.3. The molecule has 0 fully saturated rings. The molecule has 0 saturated carbocycles. The van der Waals surface area contributed by atoms with E-state index in [0.29, 0.717) is 12.0 Å². The Morgan fingerprint density at radius 2 is 1.41 bits per heavy atom. The van der Waals surface area contributed by atoms with Gasteiger partial charge in [-0.25, -0.2) is 0 Å². The minimum absolute atomic E-state index is 0.0247. The predicted molar refractivity (Wildman–Crippen MR) is 110 cm³/mol. The van der Waals surface area contributed by atoms with E-state index in [2.05, 4.69) is 30.9 Å². The van der Waals surface area contributed by atoms with Crippen molar-refractivity contribution in [1.82, 2.24) is 0 Å². The lowest BCUT2D eigenvalue weighted by Crippen LogP contribution is -1.98. The molecular formula is C25H22O2. The van der Waals surface area contributed by atoms with Gasteiger partial charge in [0.1, 0.15) is 5.75 Å². The van der Waals surface area contributed by atoms with Crippen LogP contribution >= 0.6 is 0 Å². The van der Waals surface area contributed by atoms with E-state index in [0.717, 1.165) is 28.7 Å². The molecule has 0 aliphatic heterocycles. The number of hydrogen-bond donors (Lipinski definition) is 1.